The number of hydrogen-bond acceptors (Lipinski definition) is 2. The maximum atomic E-state index is 5.76. The summed E-state index contributed by atoms with van der Waals surface area (Å²) in [6.45, 7) is 0.942. The lowest BCUT2D eigenvalue weighted by Gasteiger charge is -1.97. The molecule has 0 aromatic heterocycles. The van der Waals surface area contributed by atoms with E-state index in [-0.39, 0.29) is 0 Å². The molecule has 0 aliphatic carbocycles. The van der Waals surface area contributed by atoms with Crippen molar-refractivity contribution >= 4 is 17.3 Å². The third-order valence-electron chi connectivity index (χ3n) is 1.87. The molecule has 0 amide bonds. The molecule has 0 unspecified atom stereocenters. The van der Waals surface area contributed by atoms with E-state index in [4.69, 9.17) is 11.6 Å². The molecule has 1 aromatic rings. The summed E-state index contributed by atoms with van der Waals surface area (Å²) >= 11 is 5.76. The Labute approximate surface area is 76.2 Å². The maximum absolute atomic E-state index is 5.76. The van der Waals surface area contributed by atoms with Crippen LogP contribution in [0.2, 0.25) is 5.02 Å². The Bertz CT molecular complexity index is 303. The zero-order valence-corrected chi connectivity index (χ0v) is 7.30. The fraction of sp³-hybridized carbons (Fsp3) is 0.222. The van der Waals surface area contributed by atoms with Crippen LogP contribution in [0, 0.1) is 0 Å². The van der Waals surface area contributed by atoms with E-state index in [9.17, 15) is 0 Å². The Morgan fingerprint density at radius 2 is 2.00 bits per heavy atom. The van der Waals surface area contributed by atoms with Crippen molar-refractivity contribution in [1.82, 2.24) is 5.43 Å². The summed E-state index contributed by atoms with van der Waals surface area (Å²) in [6.07, 6.45) is 1.00. The average Bonchev–Trinajstić information content (AvgIpc) is 2.58. The van der Waals surface area contributed by atoms with Gasteiger partial charge in [-0.15, -0.1) is 0 Å². The van der Waals surface area contributed by atoms with E-state index in [0.717, 1.165) is 29.3 Å². The molecule has 2 rings (SSSR count). The summed E-state index contributed by atoms with van der Waals surface area (Å²) in [7, 11) is 0. The summed E-state index contributed by atoms with van der Waals surface area (Å²) in [5.74, 6) is 0. The predicted molar refractivity (Wildman–Crippen MR) is 50.6 cm³/mol. The highest BCUT2D eigenvalue weighted by Gasteiger charge is 2.07. The van der Waals surface area contributed by atoms with Gasteiger partial charge in [0.15, 0.2) is 0 Å². The normalized spacial score (nSPS) is 15.6. The topological polar surface area (TPSA) is 24.4 Å². The van der Waals surface area contributed by atoms with Crippen LogP contribution < -0.4 is 5.43 Å². The van der Waals surface area contributed by atoms with E-state index in [1.165, 1.54) is 0 Å². The smallest absolute Gasteiger partial charge is 0.0693 e. The number of rotatable bonds is 1. The first-order chi connectivity index (χ1) is 5.86. The second kappa shape index (κ2) is 3.15. The van der Waals surface area contributed by atoms with Crippen LogP contribution >= 0.6 is 11.6 Å². The van der Waals surface area contributed by atoms with Gasteiger partial charge < -0.3 is 5.43 Å². The van der Waals surface area contributed by atoms with Crippen molar-refractivity contribution in [2.75, 3.05) is 6.54 Å². The van der Waals surface area contributed by atoms with Gasteiger partial charge in [0.2, 0.25) is 0 Å². The second-order valence-electron chi connectivity index (χ2n) is 2.72. The minimum Gasteiger partial charge on any atom is -0.309 e. The molecule has 0 spiro atoms. The molecular weight excluding hydrogens is 172 g/mol. The van der Waals surface area contributed by atoms with E-state index in [1.54, 1.807) is 0 Å². The van der Waals surface area contributed by atoms with Crippen LogP contribution in [0.1, 0.15) is 12.0 Å². The van der Waals surface area contributed by atoms with Crippen LogP contribution in [-0.4, -0.2) is 12.3 Å². The molecular formula is C9H9ClN2. The summed E-state index contributed by atoms with van der Waals surface area (Å²) in [4.78, 5) is 0. The van der Waals surface area contributed by atoms with Crippen molar-refractivity contribution in [3.8, 4) is 0 Å². The third-order valence-corrected chi connectivity index (χ3v) is 2.12. The molecule has 1 heterocycles. The number of nitrogens with zero attached hydrogens (tertiary/aromatic N) is 1. The number of hydrogen-bond donors (Lipinski definition) is 1. The first-order valence-electron chi connectivity index (χ1n) is 3.91. The number of nitrogens with one attached hydrogen (secondary N) is 1. The van der Waals surface area contributed by atoms with Crippen LogP contribution in [-0.2, 0) is 0 Å². The van der Waals surface area contributed by atoms with Gasteiger partial charge in [-0.3, -0.25) is 0 Å². The Balaban J connectivity index is 2.28. The fourth-order valence-corrected chi connectivity index (χ4v) is 1.36. The van der Waals surface area contributed by atoms with Gasteiger partial charge in [-0.1, -0.05) is 23.7 Å². The van der Waals surface area contributed by atoms with Crippen molar-refractivity contribution in [3.05, 3.63) is 34.9 Å². The first kappa shape index (κ1) is 7.62. The van der Waals surface area contributed by atoms with Crippen molar-refractivity contribution < 1.29 is 0 Å². The van der Waals surface area contributed by atoms with Crippen LogP contribution in [0.4, 0.5) is 0 Å². The Morgan fingerprint density at radius 1 is 1.25 bits per heavy atom. The number of halogens is 1. The molecule has 0 fully saturated rings. The molecule has 12 heavy (non-hydrogen) atoms. The zero-order chi connectivity index (χ0) is 8.39. The third kappa shape index (κ3) is 1.43. The van der Waals surface area contributed by atoms with E-state index < -0.39 is 0 Å². The zero-order valence-electron chi connectivity index (χ0n) is 6.55. The summed E-state index contributed by atoms with van der Waals surface area (Å²) in [5, 5.41) is 4.93. The van der Waals surface area contributed by atoms with Gasteiger partial charge in [-0.2, -0.15) is 5.10 Å². The Kier molecular flexibility index (Phi) is 2.00. The van der Waals surface area contributed by atoms with Gasteiger partial charge in [0.25, 0.3) is 0 Å². The van der Waals surface area contributed by atoms with Crippen molar-refractivity contribution in [2.24, 2.45) is 5.10 Å². The minimum atomic E-state index is 0.769. The molecule has 62 valence electrons. The van der Waals surface area contributed by atoms with E-state index in [1.807, 2.05) is 24.3 Å². The van der Waals surface area contributed by atoms with Crippen LogP contribution in [0.3, 0.4) is 0 Å². The quantitative estimate of drug-likeness (QED) is 0.703. The Hall–Kier alpha value is -1.02. The predicted octanol–water partition coefficient (Wildman–Crippen LogP) is 2.04. The SMILES string of the molecule is Clc1ccc(C2=NNCC2)cc1. The molecule has 1 aliphatic rings. The standard InChI is InChI=1S/C9H9ClN2/c10-8-3-1-7(2-4-8)9-5-6-11-12-9/h1-4,11H,5-6H2. The highest BCUT2D eigenvalue weighted by Crippen LogP contribution is 2.12. The molecule has 0 bridgehead atoms. The highest BCUT2D eigenvalue weighted by molar-refractivity contribution is 6.30. The lowest BCUT2D eigenvalue weighted by Crippen LogP contribution is -1.97. The average molecular weight is 181 g/mol. The van der Waals surface area contributed by atoms with Crippen LogP contribution in [0.5, 0.6) is 0 Å². The van der Waals surface area contributed by atoms with Gasteiger partial charge in [0, 0.05) is 18.0 Å². The van der Waals surface area contributed by atoms with Gasteiger partial charge in [-0.25, -0.2) is 0 Å². The summed E-state index contributed by atoms with van der Waals surface area (Å²) in [6, 6.07) is 7.76. The summed E-state index contributed by atoms with van der Waals surface area (Å²) in [5.41, 5.74) is 5.21. The lowest BCUT2D eigenvalue weighted by molar-refractivity contribution is 0.813. The highest BCUT2D eigenvalue weighted by atomic mass is 35.5. The van der Waals surface area contributed by atoms with Crippen LogP contribution in [0.25, 0.3) is 0 Å². The lowest BCUT2D eigenvalue weighted by atomic mass is 10.1. The summed E-state index contributed by atoms with van der Waals surface area (Å²) < 4.78 is 0. The van der Waals surface area contributed by atoms with Crippen molar-refractivity contribution in [1.29, 1.82) is 0 Å². The monoisotopic (exact) mass is 180 g/mol. The van der Waals surface area contributed by atoms with Gasteiger partial charge in [0.05, 0.1) is 5.71 Å². The molecule has 1 aromatic carbocycles. The van der Waals surface area contributed by atoms with E-state index in [2.05, 4.69) is 10.5 Å². The van der Waals surface area contributed by atoms with Gasteiger partial charge >= 0.3 is 0 Å². The van der Waals surface area contributed by atoms with Gasteiger partial charge in [0.1, 0.15) is 0 Å². The molecule has 2 nitrogen and oxygen atoms in total. The number of hydrazone groups is 1. The number of benzene rings is 1. The van der Waals surface area contributed by atoms with Crippen LogP contribution in [0.15, 0.2) is 29.4 Å². The molecule has 0 atom stereocenters. The van der Waals surface area contributed by atoms with E-state index >= 15 is 0 Å². The maximum Gasteiger partial charge on any atom is 0.0693 e. The second-order valence-corrected chi connectivity index (χ2v) is 3.16. The van der Waals surface area contributed by atoms with E-state index in [0.29, 0.717) is 0 Å². The molecule has 1 aliphatic heterocycles. The molecule has 3 heteroatoms. The first-order valence-corrected chi connectivity index (χ1v) is 4.29. The van der Waals surface area contributed by atoms with Crippen molar-refractivity contribution in [3.63, 3.8) is 0 Å². The molecule has 0 radical (unpaired) electrons. The minimum absolute atomic E-state index is 0.769. The molecule has 0 saturated heterocycles. The van der Waals surface area contributed by atoms with Gasteiger partial charge in [-0.05, 0) is 17.7 Å². The fourth-order valence-electron chi connectivity index (χ4n) is 1.23. The van der Waals surface area contributed by atoms with Crippen molar-refractivity contribution in [2.45, 2.75) is 6.42 Å². The molecule has 0 saturated carbocycles. The largest absolute Gasteiger partial charge is 0.309 e. The molecule has 1 N–H and O–H groups in total. The Morgan fingerprint density at radius 3 is 2.58 bits per heavy atom.